The van der Waals surface area contributed by atoms with Crippen LogP contribution in [-0.2, 0) is 10.0 Å². The van der Waals surface area contributed by atoms with E-state index in [2.05, 4.69) is 10.0 Å². The highest BCUT2D eigenvalue weighted by molar-refractivity contribution is 7.92. The first kappa shape index (κ1) is 14.4. The first-order valence-corrected chi connectivity index (χ1v) is 7.78. The summed E-state index contributed by atoms with van der Waals surface area (Å²) in [4.78, 5) is 0.248. The normalized spacial score (nSPS) is 11.2. The molecule has 20 heavy (non-hydrogen) atoms. The minimum Gasteiger partial charge on any atom is -0.388 e. The number of nitrogens with one attached hydrogen (secondary N) is 2. The van der Waals surface area contributed by atoms with Crippen molar-refractivity contribution in [2.24, 2.45) is 0 Å². The molecule has 2 aromatic carbocycles. The molecule has 0 radical (unpaired) electrons. The van der Waals surface area contributed by atoms with Gasteiger partial charge in [0.1, 0.15) is 0 Å². The number of hydrogen-bond donors (Lipinski definition) is 2. The second-order valence-electron chi connectivity index (χ2n) is 4.70. The maximum atomic E-state index is 12.3. The molecule has 2 aromatic rings. The van der Waals surface area contributed by atoms with Crippen LogP contribution in [0.4, 0.5) is 11.4 Å². The quantitative estimate of drug-likeness (QED) is 0.909. The highest BCUT2D eigenvalue weighted by atomic mass is 32.2. The van der Waals surface area contributed by atoms with Gasteiger partial charge in [0, 0.05) is 12.7 Å². The summed E-state index contributed by atoms with van der Waals surface area (Å²) in [5, 5.41) is 2.96. The maximum Gasteiger partial charge on any atom is 0.261 e. The first-order chi connectivity index (χ1) is 9.42. The standard InChI is InChI=1S/C15H18N2O2S/c1-11-4-5-12(2)15(10-11)17-20(18,19)14-8-6-13(16-3)7-9-14/h4-10,16-17H,1-3H3. The van der Waals surface area contributed by atoms with Crippen LogP contribution in [0, 0.1) is 13.8 Å². The molecular formula is C15H18N2O2S. The number of hydrogen-bond acceptors (Lipinski definition) is 3. The molecule has 0 bridgehead atoms. The molecule has 0 amide bonds. The summed E-state index contributed by atoms with van der Waals surface area (Å²) in [5.74, 6) is 0. The molecule has 0 saturated heterocycles. The molecule has 4 nitrogen and oxygen atoms in total. The monoisotopic (exact) mass is 290 g/mol. The third-order valence-corrected chi connectivity index (χ3v) is 4.47. The van der Waals surface area contributed by atoms with Gasteiger partial charge >= 0.3 is 0 Å². The Morgan fingerprint density at radius 1 is 0.950 bits per heavy atom. The molecule has 0 aliphatic heterocycles. The largest absolute Gasteiger partial charge is 0.388 e. The van der Waals surface area contributed by atoms with Crippen LogP contribution < -0.4 is 10.0 Å². The van der Waals surface area contributed by atoms with Gasteiger partial charge in [0.25, 0.3) is 10.0 Å². The molecule has 0 aliphatic rings. The zero-order chi connectivity index (χ0) is 14.8. The molecule has 0 unspecified atom stereocenters. The van der Waals surface area contributed by atoms with E-state index in [4.69, 9.17) is 0 Å². The zero-order valence-electron chi connectivity index (χ0n) is 11.8. The van der Waals surface area contributed by atoms with Crippen molar-refractivity contribution in [3.8, 4) is 0 Å². The molecular weight excluding hydrogens is 272 g/mol. The van der Waals surface area contributed by atoms with Crippen LogP contribution in [-0.4, -0.2) is 15.5 Å². The summed E-state index contributed by atoms with van der Waals surface area (Å²) in [6.45, 7) is 3.81. The Bertz CT molecular complexity index is 707. The minimum absolute atomic E-state index is 0.248. The topological polar surface area (TPSA) is 58.2 Å². The van der Waals surface area contributed by atoms with Gasteiger partial charge in [0.05, 0.1) is 10.6 Å². The van der Waals surface area contributed by atoms with Crippen LogP contribution >= 0.6 is 0 Å². The number of anilines is 2. The first-order valence-electron chi connectivity index (χ1n) is 6.30. The summed E-state index contributed by atoms with van der Waals surface area (Å²) in [6.07, 6.45) is 0. The fourth-order valence-electron chi connectivity index (χ4n) is 1.85. The van der Waals surface area contributed by atoms with E-state index in [0.29, 0.717) is 5.69 Å². The molecule has 5 heteroatoms. The van der Waals surface area contributed by atoms with Crippen molar-refractivity contribution in [2.45, 2.75) is 18.7 Å². The van der Waals surface area contributed by atoms with Crippen LogP contribution in [0.2, 0.25) is 0 Å². The van der Waals surface area contributed by atoms with Crippen molar-refractivity contribution in [2.75, 3.05) is 17.1 Å². The van der Waals surface area contributed by atoms with Crippen LogP contribution in [0.1, 0.15) is 11.1 Å². The van der Waals surface area contributed by atoms with Gasteiger partial charge in [0.2, 0.25) is 0 Å². The molecule has 0 fully saturated rings. The van der Waals surface area contributed by atoms with E-state index in [0.717, 1.165) is 16.8 Å². The fraction of sp³-hybridized carbons (Fsp3) is 0.200. The number of rotatable bonds is 4. The predicted octanol–water partition coefficient (Wildman–Crippen LogP) is 3.15. The van der Waals surface area contributed by atoms with Gasteiger partial charge in [-0.25, -0.2) is 8.42 Å². The maximum absolute atomic E-state index is 12.3. The number of sulfonamides is 1. The van der Waals surface area contributed by atoms with Gasteiger partial charge < -0.3 is 5.32 Å². The Labute approximate surface area is 119 Å². The van der Waals surface area contributed by atoms with Crippen LogP contribution in [0.5, 0.6) is 0 Å². The molecule has 0 spiro atoms. The van der Waals surface area contributed by atoms with E-state index in [1.165, 1.54) is 0 Å². The van der Waals surface area contributed by atoms with Crippen molar-refractivity contribution in [3.05, 3.63) is 53.6 Å². The van der Waals surface area contributed by atoms with Crippen molar-refractivity contribution >= 4 is 21.4 Å². The molecule has 0 atom stereocenters. The highest BCUT2D eigenvalue weighted by Crippen LogP contribution is 2.21. The Morgan fingerprint density at radius 3 is 2.20 bits per heavy atom. The van der Waals surface area contributed by atoms with E-state index >= 15 is 0 Å². The third kappa shape index (κ3) is 3.11. The van der Waals surface area contributed by atoms with Gasteiger partial charge in [-0.1, -0.05) is 12.1 Å². The lowest BCUT2D eigenvalue weighted by molar-refractivity contribution is 0.601. The summed E-state index contributed by atoms with van der Waals surface area (Å²) in [5.41, 5.74) is 3.39. The van der Waals surface area contributed by atoms with Crippen LogP contribution in [0.25, 0.3) is 0 Å². The minimum atomic E-state index is -3.56. The van der Waals surface area contributed by atoms with E-state index < -0.39 is 10.0 Å². The Morgan fingerprint density at radius 2 is 1.60 bits per heavy atom. The van der Waals surface area contributed by atoms with E-state index in [1.54, 1.807) is 31.3 Å². The smallest absolute Gasteiger partial charge is 0.261 e. The zero-order valence-corrected chi connectivity index (χ0v) is 12.6. The Hall–Kier alpha value is -2.01. The Kier molecular flexibility index (Phi) is 3.99. The predicted molar refractivity (Wildman–Crippen MR) is 82.7 cm³/mol. The highest BCUT2D eigenvalue weighted by Gasteiger charge is 2.15. The summed E-state index contributed by atoms with van der Waals surface area (Å²) in [6, 6.07) is 12.3. The number of aryl methyl sites for hydroxylation is 2. The van der Waals surface area contributed by atoms with Gasteiger partial charge in [-0.2, -0.15) is 0 Å². The van der Waals surface area contributed by atoms with E-state index in [9.17, 15) is 8.42 Å². The average molecular weight is 290 g/mol. The third-order valence-electron chi connectivity index (χ3n) is 3.09. The summed E-state index contributed by atoms with van der Waals surface area (Å²) >= 11 is 0. The second kappa shape index (κ2) is 5.54. The van der Waals surface area contributed by atoms with Crippen LogP contribution in [0.3, 0.4) is 0 Å². The molecule has 0 heterocycles. The second-order valence-corrected chi connectivity index (χ2v) is 6.38. The van der Waals surface area contributed by atoms with Gasteiger partial charge in [-0.15, -0.1) is 0 Å². The van der Waals surface area contributed by atoms with Gasteiger partial charge in [-0.3, -0.25) is 4.72 Å². The molecule has 0 aliphatic carbocycles. The van der Waals surface area contributed by atoms with Crippen LogP contribution in [0.15, 0.2) is 47.4 Å². The Balaban J connectivity index is 2.32. The average Bonchev–Trinajstić information content (AvgIpc) is 2.43. The lowest BCUT2D eigenvalue weighted by Gasteiger charge is -2.11. The molecule has 0 aromatic heterocycles. The van der Waals surface area contributed by atoms with Gasteiger partial charge in [-0.05, 0) is 55.3 Å². The van der Waals surface area contributed by atoms with Crippen molar-refractivity contribution in [3.63, 3.8) is 0 Å². The van der Waals surface area contributed by atoms with Crippen molar-refractivity contribution in [1.82, 2.24) is 0 Å². The lowest BCUT2D eigenvalue weighted by Crippen LogP contribution is -2.13. The summed E-state index contributed by atoms with van der Waals surface area (Å²) in [7, 11) is -1.77. The van der Waals surface area contributed by atoms with Crippen molar-refractivity contribution in [1.29, 1.82) is 0 Å². The van der Waals surface area contributed by atoms with E-state index in [1.807, 2.05) is 32.0 Å². The van der Waals surface area contributed by atoms with Gasteiger partial charge in [0.15, 0.2) is 0 Å². The molecule has 2 rings (SSSR count). The fourth-order valence-corrected chi connectivity index (χ4v) is 2.97. The van der Waals surface area contributed by atoms with Crippen molar-refractivity contribution < 1.29 is 8.42 Å². The molecule has 0 saturated carbocycles. The lowest BCUT2D eigenvalue weighted by atomic mass is 10.1. The number of benzene rings is 2. The SMILES string of the molecule is CNc1ccc(S(=O)(=O)Nc2cc(C)ccc2C)cc1. The molecule has 106 valence electrons. The summed E-state index contributed by atoms with van der Waals surface area (Å²) < 4.78 is 27.3. The van der Waals surface area contributed by atoms with E-state index in [-0.39, 0.29) is 4.90 Å². The molecule has 2 N–H and O–H groups in total.